The fourth-order valence-corrected chi connectivity index (χ4v) is 3.32. The molecule has 0 unspecified atom stereocenters. The van der Waals surface area contributed by atoms with Crippen LogP contribution in [0.2, 0.25) is 0 Å². The van der Waals surface area contributed by atoms with Gasteiger partial charge in [0.15, 0.2) is 0 Å². The molecule has 0 bridgehead atoms. The highest BCUT2D eigenvalue weighted by molar-refractivity contribution is 5.54. The van der Waals surface area contributed by atoms with Gasteiger partial charge in [0.2, 0.25) is 0 Å². The third kappa shape index (κ3) is 3.54. The van der Waals surface area contributed by atoms with Crippen molar-refractivity contribution >= 4 is 0 Å². The highest BCUT2D eigenvalue weighted by atomic mass is 16.5. The number of hydrogen-bond donors (Lipinski definition) is 2. The summed E-state index contributed by atoms with van der Waals surface area (Å²) < 4.78 is 5.23. The molecule has 0 fully saturated rings. The number of nitrogens with zero attached hydrogens (tertiary/aromatic N) is 3. The quantitative estimate of drug-likeness (QED) is 0.737. The first kappa shape index (κ1) is 17.2. The monoisotopic (exact) mass is 364 g/mol. The Morgan fingerprint density at radius 1 is 1.26 bits per heavy atom. The summed E-state index contributed by atoms with van der Waals surface area (Å²) in [5, 5.41) is 10.1. The molecule has 2 N–H and O–H groups in total. The smallest absolute Gasteiger partial charge is 0.255 e. The predicted molar refractivity (Wildman–Crippen MR) is 101 cm³/mol. The second-order valence-corrected chi connectivity index (χ2v) is 6.53. The molecule has 0 radical (unpaired) electrons. The van der Waals surface area contributed by atoms with Crippen LogP contribution in [0.1, 0.15) is 16.8 Å². The number of aromatic nitrogens is 3. The van der Waals surface area contributed by atoms with Gasteiger partial charge < -0.3 is 14.8 Å². The van der Waals surface area contributed by atoms with E-state index in [4.69, 9.17) is 4.74 Å². The molecule has 1 aliphatic heterocycles. The van der Waals surface area contributed by atoms with Gasteiger partial charge in [0.1, 0.15) is 17.3 Å². The number of phenolic OH excluding ortho intramolecular Hbond substituents is 1. The Morgan fingerprint density at radius 3 is 2.85 bits per heavy atom. The average molecular weight is 364 g/mol. The van der Waals surface area contributed by atoms with Crippen molar-refractivity contribution in [2.45, 2.75) is 19.5 Å². The summed E-state index contributed by atoms with van der Waals surface area (Å²) in [6.07, 6.45) is 4.04. The molecule has 27 heavy (non-hydrogen) atoms. The number of aromatic amines is 1. The van der Waals surface area contributed by atoms with Crippen molar-refractivity contribution in [1.29, 1.82) is 0 Å². The number of fused-ring (bicyclic) bond motifs is 1. The second kappa shape index (κ2) is 7.20. The van der Waals surface area contributed by atoms with E-state index in [1.165, 1.54) is 0 Å². The lowest BCUT2D eigenvalue weighted by Crippen LogP contribution is -2.35. The van der Waals surface area contributed by atoms with E-state index >= 15 is 0 Å². The molecular formula is C20H20N4O3. The number of methoxy groups -OCH3 is 1. The van der Waals surface area contributed by atoms with Gasteiger partial charge in [-0.05, 0) is 30.3 Å². The van der Waals surface area contributed by atoms with E-state index in [-0.39, 0.29) is 11.3 Å². The Hall–Kier alpha value is -3.19. The first-order valence-corrected chi connectivity index (χ1v) is 8.75. The number of pyridine rings is 1. The Kier molecular flexibility index (Phi) is 4.60. The summed E-state index contributed by atoms with van der Waals surface area (Å²) >= 11 is 0. The number of hydrogen-bond acceptors (Lipinski definition) is 6. The van der Waals surface area contributed by atoms with Gasteiger partial charge in [0.05, 0.1) is 18.4 Å². The normalized spacial score (nSPS) is 14.0. The van der Waals surface area contributed by atoms with Crippen LogP contribution in [0.4, 0.5) is 0 Å². The fourth-order valence-electron chi connectivity index (χ4n) is 3.32. The zero-order valence-corrected chi connectivity index (χ0v) is 15.0. The summed E-state index contributed by atoms with van der Waals surface area (Å²) in [6.45, 7) is 1.79. The molecule has 0 aliphatic carbocycles. The molecule has 3 heterocycles. The molecule has 3 aromatic rings. The van der Waals surface area contributed by atoms with Crippen LogP contribution in [0.3, 0.4) is 0 Å². The zero-order chi connectivity index (χ0) is 18.8. The van der Waals surface area contributed by atoms with Crippen LogP contribution >= 0.6 is 0 Å². The molecule has 1 aliphatic rings. The lowest BCUT2D eigenvalue weighted by Gasteiger charge is -2.28. The minimum absolute atomic E-state index is 0.119. The van der Waals surface area contributed by atoms with E-state index in [9.17, 15) is 9.90 Å². The third-order valence-electron chi connectivity index (χ3n) is 4.78. The number of rotatable bonds is 4. The van der Waals surface area contributed by atoms with Crippen molar-refractivity contribution in [2.24, 2.45) is 0 Å². The van der Waals surface area contributed by atoms with Gasteiger partial charge in [-0.2, -0.15) is 0 Å². The van der Waals surface area contributed by atoms with E-state index in [1.807, 2.05) is 18.2 Å². The Morgan fingerprint density at radius 2 is 2.07 bits per heavy atom. The number of nitrogens with one attached hydrogen (secondary N) is 1. The van der Waals surface area contributed by atoms with Crippen molar-refractivity contribution in [2.75, 3.05) is 13.7 Å². The lowest BCUT2D eigenvalue weighted by atomic mass is 10.0. The zero-order valence-electron chi connectivity index (χ0n) is 15.0. The molecule has 1 aromatic carbocycles. The predicted octanol–water partition coefficient (Wildman–Crippen LogP) is 2.10. The molecule has 0 atom stereocenters. The largest absolute Gasteiger partial charge is 0.508 e. The van der Waals surface area contributed by atoms with E-state index in [1.54, 1.807) is 31.6 Å². The van der Waals surface area contributed by atoms with E-state index in [2.05, 4.69) is 19.9 Å². The van der Waals surface area contributed by atoms with Gasteiger partial charge in [-0.3, -0.25) is 14.7 Å². The molecule has 0 amide bonds. The Balaban J connectivity index is 1.58. The van der Waals surface area contributed by atoms with Crippen molar-refractivity contribution in [3.63, 3.8) is 0 Å². The highest BCUT2D eigenvalue weighted by Crippen LogP contribution is 2.26. The minimum atomic E-state index is -0.119. The molecule has 138 valence electrons. The van der Waals surface area contributed by atoms with E-state index < -0.39 is 0 Å². The van der Waals surface area contributed by atoms with Crippen LogP contribution in [0.15, 0.2) is 47.5 Å². The maximum Gasteiger partial charge on any atom is 0.255 e. The van der Waals surface area contributed by atoms with Crippen LogP contribution in [0, 0.1) is 0 Å². The van der Waals surface area contributed by atoms with E-state index in [0.717, 1.165) is 23.4 Å². The van der Waals surface area contributed by atoms with Crippen LogP contribution in [0.5, 0.6) is 11.5 Å². The fraction of sp³-hybridized carbons (Fsp3) is 0.250. The first-order chi connectivity index (χ1) is 13.1. The van der Waals surface area contributed by atoms with Crippen molar-refractivity contribution in [3.8, 4) is 22.9 Å². The summed E-state index contributed by atoms with van der Waals surface area (Å²) in [7, 11) is 1.60. The van der Waals surface area contributed by atoms with Crippen molar-refractivity contribution in [3.05, 3.63) is 69.9 Å². The summed E-state index contributed by atoms with van der Waals surface area (Å²) in [5.74, 6) is 1.49. The topological polar surface area (TPSA) is 91.3 Å². The van der Waals surface area contributed by atoms with Gasteiger partial charge >= 0.3 is 0 Å². The average Bonchev–Trinajstić information content (AvgIpc) is 2.70. The van der Waals surface area contributed by atoms with Gasteiger partial charge in [-0.1, -0.05) is 0 Å². The molecular weight excluding hydrogens is 344 g/mol. The Labute approximate surface area is 156 Å². The summed E-state index contributed by atoms with van der Waals surface area (Å²) in [4.78, 5) is 26.3. The number of H-pyrrole nitrogens is 1. The lowest BCUT2D eigenvalue weighted by molar-refractivity contribution is 0.238. The molecule has 0 saturated carbocycles. The summed E-state index contributed by atoms with van der Waals surface area (Å²) in [6, 6.07) is 8.82. The van der Waals surface area contributed by atoms with Crippen LogP contribution in [0.25, 0.3) is 11.4 Å². The molecule has 0 saturated heterocycles. The van der Waals surface area contributed by atoms with Crippen LogP contribution in [-0.4, -0.2) is 38.6 Å². The van der Waals surface area contributed by atoms with Crippen molar-refractivity contribution < 1.29 is 9.84 Å². The molecule has 4 rings (SSSR count). The second-order valence-electron chi connectivity index (χ2n) is 6.53. The Bertz CT molecular complexity index is 1020. The molecule has 7 heteroatoms. The first-order valence-electron chi connectivity index (χ1n) is 8.75. The van der Waals surface area contributed by atoms with Crippen molar-refractivity contribution in [1.82, 2.24) is 19.9 Å². The summed E-state index contributed by atoms with van der Waals surface area (Å²) in [5.41, 5.74) is 3.01. The molecule has 0 spiro atoms. The van der Waals surface area contributed by atoms with Gasteiger partial charge in [0.25, 0.3) is 5.56 Å². The number of aromatic hydroxyl groups is 1. The van der Waals surface area contributed by atoms with Crippen LogP contribution < -0.4 is 10.3 Å². The maximum atomic E-state index is 12.6. The molecule has 2 aromatic heterocycles. The number of ether oxygens (including phenoxy) is 1. The maximum absolute atomic E-state index is 12.6. The van der Waals surface area contributed by atoms with Crippen LogP contribution in [-0.2, 0) is 19.5 Å². The van der Waals surface area contributed by atoms with E-state index in [0.29, 0.717) is 36.6 Å². The SMILES string of the molecule is COc1ccc(O)c(CN2CCc3nc(-c4ccncc4)[nH]c(=O)c3C2)c1. The van der Waals surface area contributed by atoms with Gasteiger partial charge in [0, 0.05) is 49.6 Å². The van der Waals surface area contributed by atoms with Gasteiger partial charge in [-0.15, -0.1) is 0 Å². The molecule has 7 nitrogen and oxygen atoms in total. The standard InChI is InChI=1S/C20H20N4O3/c1-27-15-2-3-18(25)14(10-15)11-24-9-6-17-16(12-24)20(26)23-19(22-17)13-4-7-21-8-5-13/h2-5,7-8,10,25H,6,9,11-12H2,1H3,(H,22,23,26). The number of benzene rings is 1. The highest BCUT2D eigenvalue weighted by Gasteiger charge is 2.22. The minimum Gasteiger partial charge on any atom is -0.508 e. The number of phenols is 1. The third-order valence-corrected chi connectivity index (χ3v) is 4.78. The van der Waals surface area contributed by atoms with Gasteiger partial charge in [-0.25, -0.2) is 4.98 Å².